The van der Waals surface area contributed by atoms with E-state index in [-0.39, 0.29) is 11.5 Å². The van der Waals surface area contributed by atoms with Crippen LogP contribution < -0.4 is 4.74 Å². The molecule has 1 aromatic carbocycles. The van der Waals surface area contributed by atoms with Gasteiger partial charge in [0.05, 0.1) is 23.7 Å². The molecule has 0 fully saturated rings. The molecule has 1 aromatic heterocycles. The monoisotopic (exact) mass is 247 g/mol. The largest absolute Gasteiger partial charge is 0.496 e. The fourth-order valence-electron chi connectivity index (χ4n) is 1.37. The minimum atomic E-state index is -0.501. The first-order valence-electron chi connectivity index (χ1n) is 4.98. The number of nitro benzene ring substituents is 1. The Morgan fingerprint density at radius 2 is 1.89 bits per heavy atom. The van der Waals surface area contributed by atoms with Crippen molar-refractivity contribution in [2.45, 2.75) is 6.92 Å². The van der Waals surface area contributed by atoms with E-state index in [2.05, 4.69) is 20.4 Å². The first-order chi connectivity index (χ1) is 8.61. The van der Waals surface area contributed by atoms with Gasteiger partial charge in [0.25, 0.3) is 5.69 Å². The van der Waals surface area contributed by atoms with E-state index in [9.17, 15) is 10.1 Å². The molecule has 0 aliphatic rings. The van der Waals surface area contributed by atoms with E-state index in [4.69, 9.17) is 4.74 Å². The molecule has 0 amide bonds. The smallest absolute Gasteiger partial charge is 0.273 e. The Labute approximate surface area is 102 Å². The highest BCUT2D eigenvalue weighted by Crippen LogP contribution is 2.30. The molecule has 8 nitrogen and oxygen atoms in total. The molecule has 0 saturated heterocycles. The summed E-state index contributed by atoms with van der Waals surface area (Å²) < 4.78 is 5.08. The zero-order valence-corrected chi connectivity index (χ0v) is 9.69. The number of methoxy groups -OCH3 is 1. The van der Waals surface area contributed by atoms with Crippen molar-refractivity contribution < 1.29 is 9.66 Å². The molecule has 8 heteroatoms. The number of nitro groups is 1. The van der Waals surface area contributed by atoms with Gasteiger partial charge in [0, 0.05) is 6.07 Å². The van der Waals surface area contributed by atoms with Crippen LogP contribution in [0.1, 0.15) is 5.82 Å². The highest BCUT2D eigenvalue weighted by molar-refractivity contribution is 5.66. The fraction of sp³-hybridized carbons (Fsp3) is 0.200. The first-order valence-corrected chi connectivity index (χ1v) is 4.98. The van der Waals surface area contributed by atoms with Gasteiger partial charge in [-0.15, -0.1) is 20.4 Å². The van der Waals surface area contributed by atoms with Crippen LogP contribution in [0, 0.1) is 17.0 Å². The topological polar surface area (TPSA) is 104 Å². The summed E-state index contributed by atoms with van der Waals surface area (Å²) in [5.74, 6) is 1.00. The number of benzene rings is 1. The summed E-state index contributed by atoms with van der Waals surface area (Å²) in [6, 6.07) is 4.16. The van der Waals surface area contributed by atoms with Crippen molar-refractivity contribution in [2.24, 2.45) is 0 Å². The van der Waals surface area contributed by atoms with Crippen LogP contribution in [0.25, 0.3) is 11.4 Å². The van der Waals surface area contributed by atoms with Crippen LogP contribution in [-0.4, -0.2) is 32.4 Å². The van der Waals surface area contributed by atoms with Crippen LogP contribution >= 0.6 is 0 Å². The maximum absolute atomic E-state index is 10.7. The molecule has 2 rings (SSSR count). The Bertz CT molecular complexity index is 585. The van der Waals surface area contributed by atoms with E-state index < -0.39 is 4.92 Å². The van der Waals surface area contributed by atoms with Crippen molar-refractivity contribution >= 4 is 5.69 Å². The van der Waals surface area contributed by atoms with Crippen LogP contribution in [0.3, 0.4) is 0 Å². The average Bonchev–Trinajstić information content (AvgIpc) is 2.39. The number of aromatic nitrogens is 4. The zero-order valence-electron chi connectivity index (χ0n) is 9.69. The van der Waals surface area contributed by atoms with Gasteiger partial charge in [-0.05, 0) is 13.0 Å². The molecular formula is C10H9N5O3. The normalized spacial score (nSPS) is 10.1. The Hall–Kier alpha value is -2.64. The second kappa shape index (κ2) is 4.70. The summed E-state index contributed by atoms with van der Waals surface area (Å²) in [5.41, 5.74) is 0.437. The molecule has 92 valence electrons. The van der Waals surface area contributed by atoms with Crippen LogP contribution in [0.15, 0.2) is 18.2 Å². The molecule has 0 saturated carbocycles. The maximum Gasteiger partial charge on any atom is 0.273 e. The average molecular weight is 247 g/mol. The number of aryl methyl sites for hydroxylation is 1. The van der Waals surface area contributed by atoms with Gasteiger partial charge in [-0.25, -0.2) is 0 Å². The molecule has 1 heterocycles. The molecule has 18 heavy (non-hydrogen) atoms. The van der Waals surface area contributed by atoms with Crippen molar-refractivity contribution in [3.8, 4) is 17.1 Å². The van der Waals surface area contributed by atoms with Gasteiger partial charge in [0.15, 0.2) is 5.82 Å². The Morgan fingerprint density at radius 1 is 1.22 bits per heavy atom. The highest BCUT2D eigenvalue weighted by Gasteiger charge is 2.15. The standard InChI is InChI=1S/C10H9N5O3/c1-6-11-13-10(14-12-6)8-4-3-7(15(16)17)5-9(8)18-2/h3-5H,1-2H3. The second-order valence-corrected chi connectivity index (χ2v) is 3.41. The van der Waals surface area contributed by atoms with Crippen LogP contribution in [0.5, 0.6) is 5.75 Å². The van der Waals surface area contributed by atoms with Gasteiger partial charge in [-0.2, -0.15) is 0 Å². The van der Waals surface area contributed by atoms with E-state index >= 15 is 0 Å². The van der Waals surface area contributed by atoms with Gasteiger partial charge in [-0.3, -0.25) is 10.1 Å². The van der Waals surface area contributed by atoms with Gasteiger partial charge in [0.2, 0.25) is 5.82 Å². The number of hydrogen-bond donors (Lipinski definition) is 0. The van der Waals surface area contributed by atoms with Crippen LogP contribution in [-0.2, 0) is 0 Å². The number of non-ortho nitro benzene ring substituents is 1. The molecule has 0 unspecified atom stereocenters. The third-order valence-electron chi connectivity index (χ3n) is 2.22. The zero-order chi connectivity index (χ0) is 13.1. The minimum Gasteiger partial charge on any atom is -0.496 e. The number of nitrogens with zero attached hydrogens (tertiary/aromatic N) is 5. The maximum atomic E-state index is 10.7. The molecule has 0 aliphatic carbocycles. The molecule has 0 radical (unpaired) electrons. The van der Waals surface area contributed by atoms with Crippen molar-refractivity contribution in [1.29, 1.82) is 0 Å². The summed E-state index contributed by atoms with van der Waals surface area (Å²) in [6.07, 6.45) is 0. The quantitative estimate of drug-likeness (QED) is 0.591. The van der Waals surface area contributed by atoms with Gasteiger partial charge < -0.3 is 4.74 Å². The third-order valence-corrected chi connectivity index (χ3v) is 2.22. The predicted molar refractivity (Wildman–Crippen MR) is 61.0 cm³/mol. The van der Waals surface area contributed by atoms with E-state index in [1.807, 2.05) is 0 Å². The van der Waals surface area contributed by atoms with Crippen LogP contribution in [0.4, 0.5) is 5.69 Å². The van der Waals surface area contributed by atoms with E-state index in [0.717, 1.165) is 0 Å². The highest BCUT2D eigenvalue weighted by atomic mass is 16.6. The lowest BCUT2D eigenvalue weighted by molar-refractivity contribution is -0.384. The lowest BCUT2D eigenvalue weighted by Gasteiger charge is -2.05. The lowest BCUT2D eigenvalue weighted by atomic mass is 10.1. The molecular weight excluding hydrogens is 238 g/mol. The molecule has 0 N–H and O–H groups in total. The molecule has 2 aromatic rings. The van der Waals surface area contributed by atoms with Gasteiger partial charge >= 0.3 is 0 Å². The molecule has 0 spiro atoms. The van der Waals surface area contributed by atoms with Crippen molar-refractivity contribution in [2.75, 3.05) is 7.11 Å². The lowest BCUT2D eigenvalue weighted by Crippen LogP contribution is -2.00. The van der Waals surface area contributed by atoms with Crippen LogP contribution in [0.2, 0.25) is 0 Å². The summed E-state index contributed by atoms with van der Waals surface area (Å²) in [6.45, 7) is 1.66. The molecule has 0 bridgehead atoms. The summed E-state index contributed by atoms with van der Waals surface area (Å²) in [5, 5.41) is 25.9. The van der Waals surface area contributed by atoms with E-state index in [1.54, 1.807) is 6.92 Å². The second-order valence-electron chi connectivity index (χ2n) is 3.41. The predicted octanol–water partition coefficient (Wildman–Crippen LogP) is 1.16. The summed E-state index contributed by atoms with van der Waals surface area (Å²) >= 11 is 0. The Morgan fingerprint density at radius 3 is 2.44 bits per heavy atom. The molecule has 0 aliphatic heterocycles. The van der Waals surface area contributed by atoms with Gasteiger partial charge in [0.1, 0.15) is 5.75 Å². The van der Waals surface area contributed by atoms with E-state index in [1.165, 1.54) is 25.3 Å². The summed E-state index contributed by atoms with van der Waals surface area (Å²) in [4.78, 5) is 10.2. The number of rotatable bonds is 3. The fourth-order valence-corrected chi connectivity index (χ4v) is 1.37. The van der Waals surface area contributed by atoms with E-state index in [0.29, 0.717) is 17.1 Å². The van der Waals surface area contributed by atoms with Crippen molar-refractivity contribution in [1.82, 2.24) is 20.4 Å². The summed E-state index contributed by atoms with van der Waals surface area (Å²) in [7, 11) is 1.41. The Balaban J connectivity index is 2.50. The third kappa shape index (κ3) is 2.21. The number of ether oxygens (including phenoxy) is 1. The van der Waals surface area contributed by atoms with Crippen molar-refractivity contribution in [3.05, 3.63) is 34.1 Å². The SMILES string of the molecule is COc1cc([N+](=O)[O-])ccc1-c1nnc(C)nn1. The van der Waals surface area contributed by atoms with Gasteiger partial charge in [-0.1, -0.05) is 0 Å². The first kappa shape index (κ1) is 11.8. The molecule has 0 atom stereocenters. The Kier molecular flexibility index (Phi) is 3.09. The van der Waals surface area contributed by atoms with Crippen molar-refractivity contribution in [3.63, 3.8) is 0 Å². The number of hydrogen-bond acceptors (Lipinski definition) is 7. The minimum absolute atomic E-state index is 0.0661.